The van der Waals surface area contributed by atoms with Gasteiger partial charge in [-0.15, -0.1) is 0 Å². The van der Waals surface area contributed by atoms with Crippen molar-refractivity contribution in [2.45, 2.75) is 19.6 Å². The van der Waals surface area contributed by atoms with Crippen LogP contribution in [0.15, 0.2) is 48.5 Å². The molecular weight excluding hydrogens is 417 g/mol. The number of amides is 1. The minimum Gasteiger partial charge on any atom is -0.497 e. The molecular formula is C20H25ClNO6P. The molecule has 0 bridgehead atoms. The topological polar surface area (TPSA) is 83.1 Å². The van der Waals surface area contributed by atoms with E-state index in [4.69, 9.17) is 30.1 Å². The first kappa shape index (κ1) is 23.2. The van der Waals surface area contributed by atoms with Crippen LogP contribution in [0.2, 0.25) is 5.02 Å². The van der Waals surface area contributed by atoms with E-state index in [1.54, 1.807) is 69.5 Å². The van der Waals surface area contributed by atoms with E-state index >= 15 is 0 Å². The molecule has 0 spiro atoms. The molecule has 0 saturated heterocycles. The normalized spacial score (nSPS) is 12.3. The van der Waals surface area contributed by atoms with Crippen molar-refractivity contribution in [2.75, 3.05) is 26.9 Å². The van der Waals surface area contributed by atoms with Crippen LogP contribution in [0.4, 0.5) is 0 Å². The van der Waals surface area contributed by atoms with Crippen molar-refractivity contribution in [1.82, 2.24) is 5.32 Å². The molecule has 0 fully saturated rings. The number of hydrogen-bond donors (Lipinski definition) is 1. The van der Waals surface area contributed by atoms with Crippen LogP contribution >= 0.6 is 19.2 Å². The van der Waals surface area contributed by atoms with Gasteiger partial charge in [0.2, 0.25) is 0 Å². The van der Waals surface area contributed by atoms with Crippen molar-refractivity contribution in [3.63, 3.8) is 0 Å². The fourth-order valence-electron chi connectivity index (χ4n) is 2.55. The van der Waals surface area contributed by atoms with E-state index in [-0.39, 0.29) is 19.8 Å². The van der Waals surface area contributed by atoms with Crippen molar-refractivity contribution in [3.8, 4) is 11.5 Å². The summed E-state index contributed by atoms with van der Waals surface area (Å²) in [5.41, 5.74) is 0.566. The fourth-order valence-corrected chi connectivity index (χ4v) is 4.61. The quantitative estimate of drug-likeness (QED) is 0.504. The van der Waals surface area contributed by atoms with Gasteiger partial charge in [0.1, 0.15) is 11.5 Å². The van der Waals surface area contributed by atoms with Crippen LogP contribution in [0.3, 0.4) is 0 Å². The first-order valence-electron chi connectivity index (χ1n) is 9.12. The first-order chi connectivity index (χ1) is 13.9. The van der Waals surface area contributed by atoms with E-state index in [0.717, 1.165) is 0 Å². The smallest absolute Gasteiger partial charge is 0.357 e. The number of carbonyl (C=O) groups excluding carboxylic acids is 1. The van der Waals surface area contributed by atoms with Crippen LogP contribution in [0.1, 0.15) is 25.2 Å². The second-order valence-corrected chi connectivity index (χ2v) is 8.41. The number of hydrogen-bond acceptors (Lipinski definition) is 6. The fraction of sp³-hybridized carbons (Fsp3) is 0.350. The van der Waals surface area contributed by atoms with Crippen molar-refractivity contribution in [2.24, 2.45) is 0 Å². The van der Waals surface area contributed by atoms with Crippen molar-refractivity contribution < 1.29 is 27.9 Å². The molecule has 1 N–H and O–H groups in total. The summed E-state index contributed by atoms with van der Waals surface area (Å²) < 4.78 is 34.9. The Bertz CT molecular complexity index is 818. The summed E-state index contributed by atoms with van der Waals surface area (Å²) in [7, 11) is -2.13. The second-order valence-electron chi connectivity index (χ2n) is 5.86. The molecule has 1 amide bonds. The zero-order valence-electron chi connectivity index (χ0n) is 16.6. The van der Waals surface area contributed by atoms with Crippen LogP contribution in [-0.2, 0) is 18.4 Å². The summed E-state index contributed by atoms with van der Waals surface area (Å²) in [5.74, 6) is -0.342. The minimum atomic E-state index is -3.68. The van der Waals surface area contributed by atoms with E-state index < -0.39 is 19.3 Å². The molecule has 158 valence electrons. The number of benzene rings is 2. The van der Waals surface area contributed by atoms with Crippen molar-refractivity contribution >= 4 is 25.1 Å². The lowest BCUT2D eigenvalue weighted by molar-refractivity contribution is -0.123. The molecule has 9 heteroatoms. The van der Waals surface area contributed by atoms with Crippen LogP contribution in [-0.4, -0.2) is 32.8 Å². The third-order valence-corrected chi connectivity index (χ3v) is 6.39. The molecule has 0 radical (unpaired) electrons. The van der Waals surface area contributed by atoms with Gasteiger partial charge in [0.05, 0.1) is 20.3 Å². The summed E-state index contributed by atoms with van der Waals surface area (Å²) in [6.45, 7) is 3.49. The number of halogens is 1. The van der Waals surface area contributed by atoms with Gasteiger partial charge >= 0.3 is 7.60 Å². The van der Waals surface area contributed by atoms with E-state index in [0.29, 0.717) is 22.1 Å². The van der Waals surface area contributed by atoms with Gasteiger partial charge in [-0.2, -0.15) is 0 Å². The molecule has 2 aromatic carbocycles. The standard InChI is InChI=1S/C20H25ClNO6P/c1-4-27-29(24,28-5-2)20(15-6-10-17(25-3)11-7-15)22-19(23)14-26-18-12-8-16(21)9-13-18/h6-13,20H,4-5,14H2,1-3H3,(H,22,23). The lowest BCUT2D eigenvalue weighted by Gasteiger charge is -2.27. The Labute approximate surface area is 175 Å². The van der Waals surface area contributed by atoms with Crippen LogP contribution in [0, 0.1) is 0 Å². The molecule has 2 aromatic rings. The maximum atomic E-state index is 13.4. The highest BCUT2D eigenvalue weighted by Gasteiger charge is 2.38. The summed E-state index contributed by atoms with van der Waals surface area (Å²) in [5, 5.41) is 3.28. The van der Waals surface area contributed by atoms with Gasteiger partial charge in [0.15, 0.2) is 12.4 Å². The average molecular weight is 442 g/mol. The van der Waals surface area contributed by atoms with Crippen molar-refractivity contribution in [3.05, 3.63) is 59.1 Å². The Morgan fingerprint density at radius 2 is 1.55 bits per heavy atom. The van der Waals surface area contributed by atoms with E-state index in [1.165, 1.54) is 0 Å². The average Bonchev–Trinajstić information content (AvgIpc) is 2.72. The van der Waals surface area contributed by atoms with Gasteiger partial charge in [-0.1, -0.05) is 23.7 Å². The maximum absolute atomic E-state index is 13.4. The van der Waals surface area contributed by atoms with Gasteiger partial charge in [-0.05, 0) is 55.8 Å². The molecule has 7 nitrogen and oxygen atoms in total. The SMILES string of the molecule is CCOP(=O)(OCC)C(NC(=O)COc1ccc(Cl)cc1)c1ccc(OC)cc1. The van der Waals surface area contributed by atoms with Crippen LogP contribution in [0.25, 0.3) is 0 Å². The molecule has 0 aliphatic heterocycles. The monoisotopic (exact) mass is 441 g/mol. The Balaban J connectivity index is 2.19. The minimum absolute atomic E-state index is 0.168. The number of methoxy groups -OCH3 is 1. The lowest BCUT2D eigenvalue weighted by Crippen LogP contribution is -2.33. The molecule has 1 atom stereocenters. The first-order valence-corrected chi connectivity index (χ1v) is 11.1. The maximum Gasteiger partial charge on any atom is 0.357 e. The molecule has 0 aliphatic carbocycles. The Kier molecular flexibility index (Phi) is 8.99. The van der Waals surface area contributed by atoms with Gasteiger partial charge in [-0.3, -0.25) is 9.36 Å². The summed E-state index contributed by atoms with van der Waals surface area (Å²) in [6.07, 6.45) is 0. The molecule has 0 heterocycles. The molecule has 0 saturated carbocycles. The number of nitrogens with one attached hydrogen (secondary N) is 1. The highest BCUT2D eigenvalue weighted by Crippen LogP contribution is 2.59. The van der Waals surface area contributed by atoms with Gasteiger partial charge in [-0.25, -0.2) is 0 Å². The summed E-state index contributed by atoms with van der Waals surface area (Å²) in [6, 6.07) is 13.5. The highest BCUT2D eigenvalue weighted by molar-refractivity contribution is 7.54. The second kappa shape index (κ2) is 11.2. The number of rotatable bonds is 11. The molecule has 0 aliphatic rings. The van der Waals surface area contributed by atoms with E-state index in [9.17, 15) is 9.36 Å². The van der Waals surface area contributed by atoms with E-state index in [2.05, 4.69) is 5.32 Å². The lowest BCUT2D eigenvalue weighted by atomic mass is 10.2. The Morgan fingerprint density at radius 1 is 1.00 bits per heavy atom. The summed E-state index contributed by atoms with van der Waals surface area (Å²) >= 11 is 5.84. The summed E-state index contributed by atoms with van der Waals surface area (Å²) in [4.78, 5) is 12.5. The highest BCUT2D eigenvalue weighted by atomic mass is 35.5. The predicted octanol–water partition coefficient (Wildman–Crippen LogP) is 4.81. The molecule has 29 heavy (non-hydrogen) atoms. The number of ether oxygens (including phenoxy) is 2. The Morgan fingerprint density at radius 3 is 2.07 bits per heavy atom. The molecule has 0 aromatic heterocycles. The third-order valence-electron chi connectivity index (χ3n) is 3.85. The van der Waals surface area contributed by atoms with Gasteiger partial charge < -0.3 is 23.8 Å². The van der Waals surface area contributed by atoms with Crippen molar-refractivity contribution in [1.29, 1.82) is 0 Å². The molecule has 1 unspecified atom stereocenters. The van der Waals surface area contributed by atoms with Crippen LogP contribution < -0.4 is 14.8 Å². The third kappa shape index (κ3) is 6.75. The Hall–Kier alpha value is -2.05. The zero-order chi connectivity index (χ0) is 21.3. The van der Waals surface area contributed by atoms with Gasteiger partial charge in [0.25, 0.3) is 5.91 Å². The predicted molar refractivity (Wildman–Crippen MR) is 112 cm³/mol. The largest absolute Gasteiger partial charge is 0.497 e. The zero-order valence-corrected chi connectivity index (χ0v) is 18.2. The number of carbonyl (C=O) groups is 1. The van der Waals surface area contributed by atoms with E-state index in [1.807, 2.05) is 0 Å². The van der Waals surface area contributed by atoms with Gasteiger partial charge in [0, 0.05) is 5.02 Å². The molecule has 2 rings (SSSR count). The van der Waals surface area contributed by atoms with Crippen LogP contribution in [0.5, 0.6) is 11.5 Å².